The Balaban J connectivity index is 1.81. The van der Waals surface area contributed by atoms with E-state index in [9.17, 15) is 13.6 Å². The lowest BCUT2D eigenvalue weighted by Gasteiger charge is -2.16. The number of amides is 1. The van der Waals surface area contributed by atoms with E-state index in [0.717, 1.165) is 0 Å². The average molecular weight is 397 g/mol. The van der Waals surface area contributed by atoms with Crippen molar-refractivity contribution in [2.75, 3.05) is 6.54 Å². The normalized spacial score (nSPS) is 18.6. The molecule has 0 spiro atoms. The Labute approximate surface area is 158 Å². The van der Waals surface area contributed by atoms with Crippen LogP contribution in [-0.4, -0.2) is 34.4 Å². The van der Waals surface area contributed by atoms with Crippen LogP contribution in [0.25, 0.3) is 0 Å². The first kappa shape index (κ1) is 18.7. The average Bonchev–Trinajstić information content (AvgIpc) is 2.97. The van der Waals surface area contributed by atoms with Crippen LogP contribution in [0.1, 0.15) is 17.3 Å². The number of benzene rings is 2. The van der Waals surface area contributed by atoms with Gasteiger partial charge in [-0.3, -0.25) is 9.69 Å². The van der Waals surface area contributed by atoms with Crippen LogP contribution < -0.4 is 4.74 Å². The lowest BCUT2D eigenvalue weighted by molar-refractivity contribution is -0.0498. The van der Waals surface area contributed by atoms with Crippen LogP contribution in [0.3, 0.4) is 0 Å². The molecule has 136 valence electrons. The van der Waals surface area contributed by atoms with Gasteiger partial charge in [0.1, 0.15) is 5.75 Å². The molecule has 0 N–H and O–H groups in total. The second-order valence-corrected chi connectivity index (χ2v) is 7.46. The summed E-state index contributed by atoms with van der Waals surface area (Å²) < 4.78 is 28.8. The van der Waals surface area contributed by atoms with Crippen LogP contribution in [0.2, 0.25) is 5.02 Å². The van der Waals surface area contributed by atoms with Gasteiger partial charge in [0.25, 0.3) is 5.91 Å². The van der Waals surface area contributed by atoms with E-state index in [4.69, 9.17) is 11.6 Å². The Morgan fingerprint density at radius 1 is 1.23 bits per heavy atom. The monoisotopic (exact) mass is 396 g/mol. The summed E-state index contributed by atoms with van der Waals surface area (Å²) in [5.41, 5.74) is 1.08. The van der Waals surface area contributed by atoms with Crippen LogP contribution in [-0.2, 0) is 0 Å². The van der Waals surface area contributed by atoms with Crippen LogP contribution in [0.5, 0.6) is 5.75 Å². The molecular weight excluding hydrogens is 382 g/mol. The number of alkyl halides is 2. The number of nitrogens with zero attached hydrogens (tertiary/aromatic N) is 2. The van der Waals surface area contributed by atoms with Crippen LogP contribution in [0.15, 0.2) is 53.5 Å². The van der Waals surface area contributed by atoms with Gasteiger partial charge in [0, 0.05) is 22.4 Å². The molecule has 1 atom stereocenters. The van der Waals surface area contributed by atoms with Crippen LogP contribution in [0, 0.1) is 0 Å². The summed E-state index contributed by atoms with van der Waals surface area (Å²) in [6, 6.07) is 12.6. The molecule has 2 aromatic carbocycles. The maximum Gasteiger partial charge on any atom is 0.387 e. The van der Waals surface area contributed by atoms with Crippen molar-refractivity contribution >= 4 is 40.1 Å². The second-order valence-electron chi connectivity index (χ2n) is 5.62. The van der Waals surface area contributed by atoms with Crippen molar-refractivity contribution in [1.82, 2.24) is 4.90 Å². The van der Waals surface area contributed by atoms with E-state index in [2.05, 4.69) is 9.73 Å². The lowest BCUT2D eigenvalue weighted by atomic mass is 10.2. The van der Waals surface area contributed by atoms with Gasteiger partial charge in [-0.2, -0.15) is 8.78 Å². The molecule has 1 amide bonds. The zero-order valence-corrected chi connectivity index (χ0v) is 15.3. The molecule has 1 fully saturated rings. The summed E-state index contributed by atoms with van der Waals surface area (Å²) in [5.74, 6) is -0.228. The van der Waals surface area contributed by atoms with Crippen molar-refractivity contribution in [3.05, 3.63) is 59.1 Å². The van der Waals surface area contributed by atoms with Crippen LogP contribution in [0.4, 0.5) is 14.5 Å². The highest BCUT2D eigenvalue weighted by atomic mass is 35.5. The zero-order chi connectivity index (χ0) is 18.7. The summed E-state index contributed by atoms with van der Waals surface area (Å²) in [7, 11) is 0. The minimum atomic E-state index is -2.90. The minimum Gasteiger partial charge on any atom is -0.435 e. The van der Waals surface area contributed by atoms with Crippen molar-refractivity contribution in [3.8, 4) is 5.75 Å². The Bertz CT molecular complexity index is 813. The number of rotatable bonds is 4. The molecule has 1 saturated heterocycles. The van der Waals surface area contributed by atoms with Gasteiger partial charge in [-0.25, -0.2) is 4.99 Å². The number of hydrogen-bond acceptors (Lipinski definition) is 4. The number of halogens is 3. The minimum absolute atomic E-state index is 0.00997. The third-order valence-corrected chi connectivity index (χ3v) is 4.93. The summed E-state index contributed by atoms with van der Waals surface area (Å²) in [4.78, 5) is 18.9. The summed E-state index contributed by atoms with van der Waals surface area (Å²) in [6.07, 6.45) is 0. The quantitative estimate of drug-likeness (QED) is 0.712. The molecule has 0 unspecified atom stereocenters. The van der Waals surface area contributed by atoms with E-state index in [0.29, 0.717) is 28.0 Å². The molecule has 8 heteroatoms. The molecule has 4 nitrogen and oxygen atoms in total. The molecule has 0 radical (unpaired) electrons. The predicted octanol–water partition coefficient (Wildman–Crippen LogP) is 5.21. The maximum atomic E-state index is 12.8. The molecule has 1 aliphatic heterocycles. The fraction of sp³-hybridized carbons (Fsp3) is 0.222. The Kier molecular flexibility index (Phi) is 5.78. The van der Waals surface area contributed by atoms with E-state index in [1.807, 2.05) is 6.92 Å². The Morgan fingerprint density at radius 2 is 1.88 bits per heavy atom. The van der Waals surface area contributed by atoms with Gasteiger partial charge < -0.3 is 4.74 Å². The third kappa shape index (κ3) is 4.53. The van der Waals surface area contributed by atoms with E-state index in [-0.39, 0.29) is 16.9 Å². The first-order chi connectivity index (χ1) is 12.4. The van der Waals surface area contributed by atoms with Gasteiger partial charge in [-0.05, 0) is 48.5 Å². The van der Waals surface area contributed by atoms with Crippen molar-refractivity contribution in [1.29, 1.82) is 0 Å². The molecular formula is C18H15ClF2N2O2S. The standard InChI is InChI=1S/C18H15ClF2N2O2S/c1-11-10-23(18(26-11)22-14-6-4-13(19)5-7-14)16(24)12-2-8-15(9-3-12)25-17(20)21/h2-9,11,17H,10H2,1H3/t11-/m1/s1. The second kappa shape index (κ2) is 8.05. The number of carbonyl (C=O) groups excluding carboxylic acids is 1. The highest BCUT2D eigenvalue weighted by molar-refractivity contribution is 8.14. The number of ether oxygens (including phenoxy) is 1. The topological polar surface area (TPSA) is 41.9 Å². The zero-order valence-electron chi connectivity index (χ0n) is 13.7. The summed E-state index contributed by atoms with van der Waals surface area (Å²) in [5, 5.41) is 1.41. The number of thioether (sulfide) groups is 1. The molecule has 26 heavy (non-hydrogen) atoms. The van der Waals surface area contributed by atoms with E-state index in [1.165, 1.54) is 36.0 Å². The van der Waals surface area contributed by atoms with Gasteiger partial charge in [-0.1, -0.05) is 30.3 Å². The number of amidine groups is 1. The molecule has 0 aromatic heterocycles. The number of hydrogen-bond donors (Lipinski definition) is 0. The van der Waals surface area contributed by atoms with Crippen molar-refractivity contribution < 1.29 is 18.3 Å². The third-order valence-electron chi connectivity index (χ3n) is 3.60. The SMILES string of the molecule is C[C@@H]1CN(C(=O)c2ccc(OC(F)F)cc2)C(=Nc2ccc(Cl)cc2)S1. The van der Waals surface area contributed by atoms with Crippen molar-refractivity contribution in [2.45, 2.75) is 18.8 Å². The van der Waals surface area contributed by atoms with Crippen molar-refractivity contribution in [2.24, 2.45) is 4.99 Å². The molecule has 0 aliphatic carbocycles. The first-order valence-electron chi connectivity index (χ1n) is 7.80. The van der Waals surface area contributed by atoms with Gasteiger partial charge in [0.15, 0.2) is 5.17 Å². The number of carbonyl (C=O) groups is 1. The van der Waals surface area contributed by atoms with Crippen molar-refractivity contribution in [3.63, 3.8) is 0 Å². The lowest BCUT2D eigenvalue weighted by Crippen LogP contribution is -2.32. The van der Waals surface area contributed by atoms with E-state index in [1.54, 1.807) is 29.2 Å². The molecule has 0 saturated carbocycles. The maximum absolute atomic E-state index is 12.8. The van der Waals surface area contributed by atoms with Gasteiger partial charge in [-0.15, -0.1) is 0 Å². The van der Waals surface area contributed by atoms with E-state index >= 15 is 0 Å². The largest absolute Gasteiger partial charge is 0.435 e. The number of aliphatic imine (C=N–C) groups is 1. The van der Waals surface area contributed by atoms with Gasteiger partial charge in [0.05, 0.1) is 5.69 Å². The predicted molar refractivity (Wildman–Crippen MR) is 99.7 cm³/mol. The summed E-state index contributed by atoms with van der Waals surface area (Å²) in [6.45, 7) is -0.370. The fourth-order valence-corrected chi connectivity index (χ4v) is 3.59. The molecule has 1 aliphatic rings. The van der Waals surface area contributed by atoms with Gasteiger partial charge in [0.2, 0.25) is 0 Å². The Morgan fingerprint density at radius 3 is 2.50 bits per heavy atom. The van der Waals surface area contributed by atoms with Crippen LogP contribution >= 0.6 is 23.4 Å². The van der Waals surface area contributed by atoms with Gasteiger partial charge >= 0.3 is 6.61 Å². The smallest absolute Gasteiger partial charge is 0.387 e. The highest BCUT2D eigenvalue weighted by Crippen LogP contribution is 2.30. The van der Waals surface area contributed by atoms with E-state index < -0.39 is 6.61 Å². The fourth-order valence-electron chi connectivity index (χ4n) is 2.43. The highest BCUT2D eigenvalue weighted by Gasteiger charge is 2.31. The molecule has 0 bridgehead atoms. The molecule has 1 heterocycles. The molecule has 2 aromatic rings. The first-order valence-corrected chi connectivity index (χ1v) is 9.06. The summed E-state index contributed by atoms with van der Waals surface area (Å²) >= 11 is 7.38. The molecule has 3 rings (SSSR count). The Hall–Kier alpha value is -2.12.